The predicted octanol–water partition coefficient (Wildman–Crippen LogP) is 2.83. The SMILES string of the molecule is Cc1cc(Cl)ncc1OCC1CC1. The molecule has 1 aliphatic carbocycles. The van der Waals surface area contributed by atoms with Gasteiger partial charge in [0.05, 0.1) is 12.8 Å². The Bertz CT molecular complexity index is 310. The van der Waals surface area contributed by atoms with Gasteiger partial charge in [-0.25, -0.2) is 4.98 Å². The van der Waals surface area contributed by atoms with Crippen molar-refractivity contribution in [1.29, 1.82) is 0 Å². The minimum Gasteiger partial charge on any atom is -0.491 e. The van der Waals surface area contributed by atoms with Crippen molar-refractivity contribution in [1.82, 2.24) is 4.98 Å². The zero-order valence-electron chi connectivity index (χ0n) is 7.59. The highest BCUT2D eigenvalue weighted by Gasteiger charge is 2.22. The zero-order chi connectivity index (χ0) is 9.26. The van der Waals surface area contributed by atoms with Crippen LogP contribution in [0.3, 0.4) is 0 Å². The van der Waals surface area contributed by atoms with Gasteiger partial charge in [-0.15, -0.1) is 0 Å². The number of aryl methyl sites for hydroxylation is 1. The molecule has 2 nitrogen and oxygen atoms in total. The summed E-state index contributed by atoms with van der Waals surface area (Å²) in [5.74, 6) is 1.63. The topological polar surface area (TPSA) is 22.1 Å². The molecule has 2 rings (SSSR count). The lowest BCUT2D eigenvalue weighted by Crippen LogP contribution is -2.00. The van der Waals surface area contributed by atoms with E-state index in [1.165, 1.54) is 12.8 Å². The highest BCUT2D eigenvalue weighted by molar-refractivity contribution is 6.29. The summed E-state index contributed by atoms with van der Waals surface area (Å²) in [7, 11) is 0. The van der Waals surface area contributed by atoms with Crippen LogP contribution < -0.4 is 4.74 Å². The van der Waals surface area contributed by atoms with Gasteiger partial charge in [0.1, 0.15) is 10.9 Å². The molecule has 1 aromatic heterocycles. The van der Waals surface area contributed by atoms with Gasteiger partial charge in [0.15, 0.2) is 0 Å². The Balaban J connectivity index is 2.01. The molecule has 0 bridgehead atoms. The molecule has 1 aromatic rings. The fraction of sp³-hybridized carbons (Fsp3) is 0.500. The molecule has 0 N–H and O–H groups in total. The Morgan fingerprint density at radius 1 is 1.62 bits per heavy atom. The molecule has 13 heavy (non-hydrogen) atoms. The van der Waals surface area contributed by atoms with Crippen molar-refractivity contribution in [2.45, 2.75) is 19.8 Å². The highest BCUT2D eigenvalue weighted by Crippen LogP contribution is 2.30. The summed E-state index contributed by atoms with van der Waals surface area (Å²) in [4.78, 5) is 3.98. The van der Waals surface area contributed by atoms with Gasteiger partial charge in [-0.1, -0.05) is 11.6 Å². The number of pyridine rings is 1. The van der Waals surface area contributed by atoms with E-state index in [2.05, 4.69) is 4.98 Å². The van der Waals surface area contributed by atoms with Crippen LogP contribution in [-0.4, -0.2) is 11.6 Å². The Hall–Kier alpha value is -0.760. The van der Waals surface area contributed by atoms with Gasteiger partial charge in [0.25, 0.3) is 0 Å². The number of ether oxygens (including phenoxy) is 1. The second-order valence-electron chi connectivity index (χ2n) is 3.53. The van der Waals surface area contributed by atoms with Crippen molar-refractivity contribution in [2.75, 3.05) is 6.61 Å². The summed E-state index contributed by atoms with van der Waals surface area (Å²) >= 11 is 5.73. The molecule has 0 aliphatic heterocycles. The third kappa shape index (κ3) is 2.34. The summed E-state index contributed by atoms with van der Waals surface area (Å²) in [5.41, 5.74) is 1.06. The van der Waals surface area contributed by atoms with Gasteiger partial charge in [0.2, 0.25) is 0 Å². The molecule has 0 aromatic carbocycles. The standard InChI is InChI=1S/C10H12ClNO/c1-7-4-10(11)12-5-9(7)13-6-8-2-3-8/h4-5,8H,2-3,6H2,1H3. The van der Waals surface area contributed by atoms with Gasteiger partial charge >= 0.3 is 0 Å². The molecule has 1 aliphatic rings. The molecule has 3 heteroatoms. The van der Waals surface area contributed by atoms with Crippen molar-refractivity contribution in [2.24, 2.45) is 5.92 Å². The molecule has 0 radical (unpaired) electrons. The predicted molar refractivity (Wildman–Crippen MR) is 52.2 cm³/mol. The quantitative estimate of drug-likeness (QED) is 0.696. The summed E-state index contributed by atoms with van der Waals surface area (Å²) in [6, 6.07) is 1.82. The molecular formula is C10H12ClNO. The monoisotopic (exact) mass is 197 g/mol. The van der Waals surface area contributed by atoms with E-state index in [1.807, 2.05) is 13.0 Å². The third-order valence-corrected chi connectivity index (χ3v) is 2.41. The van der Waals surface area contributed by atoms with E-state index in [0.29, 0.717) is 5.15 Å². The molecule has 70 valence electrons. The minimum absolute atomic E-state index is 0.524. The molecule has 1 fully saturated rings. The first kappa shape index (κ1) is 8.82. The Morgan fingerprint density at radius 3 is 3.00 bits per heavy atom. The summed E-state index contributed by atoms with van der Waals surface area (Å²) in [6.45, 7) is 2.81. The van der Waals surface area contributed by atoms with Gasteiger partial charge in [-0.2, -0.15) is 0 Å². The summed E-state index contributed by atoms with van der Waals surface area (Å²) in [5, 5.41) is 0.524. The average Bonchev–Trinajstić information content (AvgIpc) is 2.86. The van der Waals surface area contributed by atoms with Crippen molar-refractivity contribution in [3.63, 3.8) is 0 Å². The molecule has 1 heterocycles. The van der Waals surface area contributed by atoms with Gasteiger partial charge in [0, 0.05) is 0 Å². The molecule has 1 saturated carbocycles. The van der Waals surface area contributed by atoms with Crippen LogP contribution in [0.2, 0.25) is 5.15 Å². The fourth-order valence-corrected chi connectivity index (χ4v) is 1.36. The number of rotatable bonds is 3. The lowest BCUT2D eigenvalue weighted by Gasteiger charge is -2.07. The smallest absolute Gasteiger partial charge is 0.140 e. The number of hydrogen-bond donors (Lipinski definition) is 0. The number of nitrogens with zero attached hydrogens (tertiary/aromatic N) is 1. The molecule has 0 amide bonds. The van der Waals surface area contributed by atoms with Crippen LogP contribution in [0.5, 0.6) is 5.75 Å². The van der Waals surface area contributed by atoms with Crippen molar-refractivity contribution >= 4 is 11.6 Å². The third-order valence-electron chi connectivity index (χ3n) is 2.20. The number of aromatic nitrogens is 1. The molecule has 0 saturated heterocycles. The van der Waals surface area contributed by atoms with Gasteiger partial charge in [-0.3, -0.25) is 0 Å². The first-order chi connectivity index (χ1) is 6.25. The lowest BCUT2D eigenvalue weighted by atomic mass is 10.3. The minimum atomic E-state index is 0.524. The van der Waals surface area contributed by atoms with Crippen molar-refractivity contribution < 1.29 is 4.74 Å². The van der Waals surface area contributed by atoms with E-state index in [9.17, 15) is 0 Å². The van der Waals surface area contributed by atoms with E-state index in [0.717, 1.165) is 23.8 Å². The van der Waals surface area contributed by atoms with Crippen molar-refractivity contribution in [3.8, 4) is 5.75 Å². The maximum Gasteiger partial charge on any atom is 0.140 e. The average molecular weight is 198 g/mol. The van der Waals surface area contributed by atoms with Crippen LogP contribution in [0.15, 0.2) is 12.3 Å². The molecule has 0 spiro atoms. The Labute approximate surface area is 82.9 Å². The highest BCUT2D eigenvalue weighted by atomic mass is 35.5. The van der Waals surface area contributed by atoms with Crippen LogP contribution in [0.25, 0.3) is 0 Å². The Morgan fingerprint density at radius 2 is 2.38 bits per heavy atom. The maximum absolute atomic E-state index is 5.73. The van der Waals surface area contributed by atoms with Crippen LogP contribution in [0.4, 0.5) is 0 Å². The first-order valence-corrected chi connectivity index (χ1v) is 4.88. The van der Waals surface area contributed by atoms with E-state index < -0.39 is 0 Å². The fourth-order valence-electron chi connectivity index (χ4n) is 1.15. The second kappa shape index (κ2) is 3.54. The maximum atomic E-state index is 5.73. The summed E-state index contributed by atoms with van der Waals surface area (Å²) in [6.07, 6.45) is 4.31. The Kier molecular flexibility index (Phi) is 2.40. The van der Waals surface area contributed by atoms with E-state index in [4.69, 9.17) is 16.3 Å². The van der Waals surface area contributed by atoms with Gasteiger partial charge < -0.3 is 4.74 Å². The lowest BCUT2D eigenvalue weighted by molar-refractivity contribution is 0.296. The van der Waals surface area contributed by atoms with Crippen LogP contribution in [0.1, 0.15) is 18.4 Å². The summed E-state index contributed by atoms with van der Waals surface area (Å²) < 4.78 is 5.59. The molecular weight excluding hydrogens is 186 g/mol. The second-order valence-corrected chi connectivity index (χ2v) is 3.91. The first-order valence-electron chi connectivity index (χ1n) is 4.50. The molecule has 0 atom stereocenters. The number of halogens is 1. The molecule has 0 unspecified atom stereocenters. The largest absolute Gasteiger partial charge is 0.491 e. The zero-order valence-corrected chi connectivity index (χ0v) is 8.34. The number of hydrogen-bond acceptors (Lipinski definition) is 2. The van der Waals surface area contributed by atoms with Crippen LogP contribution in [-0.2, 0) is 0 Å². The van der Waals surface area contributed by atoms with Gasteiger partial charge in [-0.05, 0) is 37.3 Å². The van der Waals surface area contributed by atoms with E-state index >= 15 is 0 Å². The normalized spacial score (nSPS) is 15.8. The van der Waals surface area contributed by atoms with Crippen molar-refractivity contribution in [3.05, 3.63) is 23.0 Å². The van der Waals surface area contributed by atoms with E-state index in [1.54, 1.807) is 6.20 Å². The van der Waals surface area contributed by atoms with Crippen LogP contribution >= 0.6 is 11.6 Å². The van der Waals surface area contributed by atoms with E-state index in [-0.39, 0.29) is 0 Å². The van der Waals surface area contributed by atoms with Crippen LogP contribution in [0, 0.1) is 12.8 Å².